The van der Waals surface area contributed by atoms with Crippen molar-refractivity contribution in [3.63, 3.8) is 0 Å². The lowest BCUT2D eigenvalue weighted by Gasteiger charge is -2.15. The SMILES string of the molecule is CCCCc1c(O)c(Br)c(Br)c(Br)c1C(=O)OC. The number of esters is 1. The number of rotatable bonds is 4. The Morgan fingerprint density at radius 1 is 1.22 bits per heavy atom. The van der Waals surface area contributed by atoms with Crippen molar-refractivity contribution in [3.05, 3.63) is 24.5 Å². The molecule has 6 heteroatoms. The molecule has 3 nitrogen and oxygen atoms in total. The molecule has 0 aliphatic carbocycles. The highest BCUT2D eigenvalue weighted by Crippen LogP contribution is 2.43. The molecule has 1 aromatic carbocycles. The second kappa shape index (κ2) is 6.91. The third-order valence-electron chi connectivity index (χ3n) is 2.57. The minimum Gasteiger partial charge on any atom is -0.506 e. The Labute approximate surface area is 131 Å². The fourth-order valence-corrected chi connectivity index (χ4v) is 3.29. The van der Waals surface area contributed by atoms with Gasteiger partial charge in [-0.05, 0) is 60.6 Å². The maximum atomic E-state index is 11.8. The van der Waals surface area contributed by atoms with Gasteiger partial charge in [0.05, 0.1) is 21.6 Å². The smallest absolute Gasteiger partial charge is 0.339 e. The second-order valence-corrected chi connectivity index (χ2v) is 6.12. The van der Waals surface area contributed by atoms with Gasteiger partial charge < -0.3 is 9.84 Å². The zero-order chi connectivity index (χ0) is 13.9. The van der Waals surface area contributed by atoms with Gasteiger partial charge in [0.25, 0.3) is 0 Å². The molecule has 1 aromatic rings. The van der Waals surface area contributed by atoms with Crippen LogP contribution in [0.5, 0.6) is 5.75 Å². The van der Waals surface area contributed by atoms with E-state index in [1.165, 1.54) is 7.11 Å². The molecule has 100 valence electrons. The van der Waals surface area contributed by atoms with E-state index in [0.29, 0.717) is 31.0 Å². The van der Waals surface area contributed by atoms with Gasteiger partial charge in [0.1, 0.15) is 5.75 Å². The number of ether oxygens (including phenoxy) is 1. The van der Waals surface area contributed by atoms with E-state index < -0.39 is 5.97 Å². The van der Waals surface area contributed by atoms with Crippen LogP contribution in [0.15, 0.2) is 13.4 Å². The number of halogens is 3. The predicted molar refractivity (Wildman–Crippen MR) is 81.2 cm³/mol. The van der Waals surface area contributed by atoms with Crippen molar-refractivity contribution in [1.29, 1.82) is 0 Å². The maximum Gasteiger partial charge on any atom is 0.339 e. The summed E-state index contributed by atoms with van der Waals surface area (Å²) in [5.41, 5.74) is 0.976. The molecule has 0 atom stereocenters. The number of hydrogen-bond acceptors (Lipinski definition) is 3. The quantitative estimate of drug-likeness (QED) is 0.535. The Bertz CT molecular complexity index is 472. The molecule has 18 heavy (non-hydrogen) atoms. The lowest BCUT2D eigenvalue weighted by molar-refractivity contribution is 0.0597. The third-order valence-corrected chi connectivity index (χ3v) is 5.99. The van der Waals surface area contributed by atoms with Crippen LogP contribution in [0, 0.1) is 0 Å². The number of methoxy groups -OCH3 is 1. The zero-order valence-electron chi connectivity index (χ0n) is 10.0. The molecule has 0 aromatic heterocycles. The fraction of sp³-hybridized carbons (Fsp3) is 0.417. The van der Waals surface area contributed by atoms with Gasteiger partial charge in [-0.1, -0.05) is 13.3 Å². The first kappa shape index (κ1) is 16.0. The third kappa shape index (κ3) is 3.08. The minimum atomic E-state index is -0.462. The number of carbonyl (C=O) groups is 1. The first-order chi connectivity index (χ1) is 8.45. The molecule has 0 aliphatic rings. The maximum absolute atomic E-state index is 11.8. The van der Waals surface area contributed by atoms with Gasteiger partial charge in [-0.3, -0.25) is 0 Å². The number of benzene rings is 1. The number of hydrogen-bond donors (Lipinski definition) is 1. The molecule has 0 unspecified atom stereocenters. The lowest BCUT2D eigenvalue weighted by atomic mass is 10.0. The van der Waals surface area contributed by atoms with E-state index in [-0.39, 0.29) is 5.75 Å². The summed E-state index contributed by atoms with van der Waals surface area (Å²) >= 11 is 9.98. The van der Waals surface area contributed by atoms with Crippen molar-refractivity contribution in [2.75, 3.05) is 7.11 Å². The van der Waals surface area contributed by atoms with Crippen LogP contribution in [0.3, 0.4) is 0 Å². The van der Waals surface area contributed by atoms with Crippen LogP contribution in [0.2, 0.25) is 0 Å². The van der Waals surface area contributed by atoms with E-state index in [2.05, 4.69) is 54.7 Å². The second-order valence-electron chi connectivity index (χ2n) is 3.74. The number of phenols is 1. The summed E-state index contributed by atoms with van der Waals surface area (Å²) < 4.78 is 6.49. The van der Waals surface area contributed by atoms with Crippen LogP contribution in [0.4, 0.5) is 0 Å². The van der Waals surface area contributed by atoms with Crippen LogP contribution >= 0.6 is 47.8 Å². The molecular formula is C12H13Br3O3. The molecule has 0 amide bonds. The number of aromatic hydroxyl groups is 1. The van der Waals surface area contributed by atoms with Gasteiger partial charge in [0, 0.05) is 10.0 Å². The highest BCUT2D eigenvalue weighted by Gasteiger charge is 2.24. The first-order valence-corrected chi connectivity index (χ1v) is 7.80. The molecule has 0 radical (unpaired) electrons. The summed E-state index contributed by atoms with van der Waals surface area (Å²) in [6.07, 6.45) is 2.49. The monoisotopic (exact) mass is 442 g/mol. The summed E-state index contributed by atoms with van der Waals surface area (Å²) in [7, 11) is 1.32. The average Bonchev–Trinajstić information content (AvgIpc) is 2.38. The molecule has 0 aliphatic heterocycles. The average molecular weight is 445 g/mol. The molecule has 0 heterocycles. The van der Waals surface area contributed by atoms with Crippen molar-refractivity contribution in [2.24, 2.45) is 0 Å². The van der Waals surface area contributed by atoms with Crippen molar-refractivity contribution < 1.29 is 14.6 Å². The molecule has 1 rings (SSSR count). The number of carbonyl (C=O) groups excluding carboxylic acids is 1. The van der Waals surface area contributed by atoms with E-state index in [4.69, 9.17) is 4.74 Å². The Morgan fingerprint density at radius 2 is 1.83 bits per heavy atom. The summed E-state index contributed by atoms with van der Waals surface area (Å²) in [6, 6.07) is 0. The minimum absolute atomic E-state index is 0.0823. The molecular weight excluding hydrogens is 432 g/mol. The van der Waals surface area contributed by atoms with Crippen LogP contribution in [0.25, 0.3) is 0 Å². The van der Waals surface area contributed by atoms with Gasteiger partial charge >= 0.3 is 5.97 Å². The van der Waals surface area contributed by atoms with Crippen LogP contribution in [-0.2, 0) is 11.2 Å². The van der Waals surface area contributed by atoms with Crippen LogP contribution in [-0.4, -0.2) is 18.2 Å². The van der Waals surface area contributed by atoms with E-state index >= 15 is 0 Å². The molecule has 0 bridgehead atoms. The standard InChI is InChI=1S/C12H13Br3O3/c1-3-4-5-6-7(12(17)18-2)8(13)9(14)10(15)11(6)16/h16H,3-5H2,1-2H3. The van der Waals surface area contributed by atoms with E-state index in [0.717, 1.165) is 12.8 Å². The molecule has 0 fully saturated rings. The number of phenolic OH excluding ortho intramolecular Hbond substituents is 1. The normalized spacial score (nSPS) is 10.5. The van der Waals surface area contributed by atoms with Gasteiger partial charge in [0.15, 0.2) is 0 Å². The number of unbranched alkanes of at least 4 members (excludes halogenated alkanes) is 1. The Hall–Kier alpha value is -0.0700. The predicted octanol–water partition coefficient (Wildman–Crippen LogP) is 4.81. The summed E-state index contributed by atoms with van der Waals surface area (Å²) in [5, 5.41) is 10.1. The molecule has 1 N–H and O–H groups in total. The highest BCUT2D eigenvalue weighted by atomic mass is 79.9. The van der Waals surface area contributed by atoms with Crippen molar-refractivity contribution in [3.8, 4) is 5.75 Å². The first-order valence-electron chi connectivity index (χ1n) is 5.42. The van der Waals surface area contributed by atoms with E-state index in [1.54, 1.807) is 0 Å². The van der Waals surface area contributed by atoms with Gasteiger partial charge in [0.2, 0.25) is 0 Å². The summed E-state index contributed by atoms with van der Waals surface area (Å²) in [6.45, 7) is 2.05. The summed E-state index contributed by atoms with van der Waals surface area (Å²) in [4.78, 5) is 11.8. The summed E-state index contributed by atoms with van der Waals surface area (Å²) in [5.74, 6) is -0.379. The highest BCUT2D eigenvalue weighted by molar-refractivity contribution is 9.14. The zero-order valence-corrected chi connectivity index (χ0v) is 14.8. The van der Waals surface area contributed by atoms with E-state index in [1.807, 2.05) is 0 Å². The van der Waals surface area contributed by atoms with Crippen molar-refractivity contribution >= 4 is 53.8 Å². The molecule has 0 saturated heterocycles. The fourth-order valence-electron chi connectivity index (χ4n) is 1.61. The van der Waals surface area contributed by atoms with Gasteiger partial charge in [-0.2, -0.15) is 0 Å². The van der Waals surface area contributed by atoms with Crippen LogP contribution < -0.4 is 0 Å². The Morgan fingerprint density at radius 3 is 2.33 bits per heavy atom. The Balaban J connectivity index is 3.48. The van der Waals surface area contributed by atoms with E-state index in [9.17, 15) is 9.90 Å². The van der Waals surface area contributed by atoms with Gasteiger partial charge in [-0.25, -0.2) is 4.79 Å². The molecule has 0 spiro atoms. The Kier molecular flexibility index (Phi) is 6.14. The van der Waals surface area contributed by atoms with Gasteiger partial charge in [-0.15, -0.1) is 0 Å². The molecule has 0 saturated carbocycles. The lowest BCUT2D eigenvalue weighted by Crippen LogP contribution is -2.08. The van der Waals surface area contributed by atoms with Crippen molar-refractivity contribution in [1.82, 2.24) is 0 Å². The van der Waals surface area contributed by atoms with Crippen molar-refractivity contribution in [2.45, 2.75) is 26.2 Å². The largest absolute Gasteiger partial charge is 0.506 e. The van der Waals surface area contributed by atoms with Crippen LogP contribution in [0.1, 0.15) is 35.7 Å². The topological polar surface area (TPSA) is 46.5 Å².